The van der Waals surface area contributed by atoms with Gasteiger partial charge in [-0.3, -0.25) is 9.79 Å². The van der Waals surface area contributed by atoms with Gasteiger partial charge in [0, 0.05) is 14.7 Å². The van der Waals surface area contributed by atoms with Crippen LogP contribution in [0, 0.1) is 9.39 Å². The van der Waals surface area contributed by atoms with E-state index in [0.717, 1.165) is 3.57 Å². The molecule has 0 aromatic heterocycles. The molecule has 0 bridgehead atoms. The summed E-state index contributed by atoms with van der Waals surface area (Å²) in [5.74, 6) is -0.238. The molecule has 3 rings (SSSR count). The lowest BCUT2D eigenvalue weighted by Gasteiger charge is -2.14. The number of carbonyl (C=O) groups is 1. The number of carbonyl (C=O) groups excluding carboxylic acids is 1. The Balaban J connectivity index is 2.28. The van der Waals surface area contributed by atoms with Gasteiger partial charge in [-0.05, 0) is 52.9 Å². The molecule has 23 heavy (non-hydrogen) atoms. The molecule has 0 aliphatic carbocycles. The smallest absolute Gasteiger partial charge is 0.246 e. The number of rotatable bonds is 2. The highest BCUT2D eigenvalue weighted by atomic mass is 127. The second kappa shape index (κ2) is 6.45. The Kier molecular flexibility index (Phi) is 4.54. The maximum absolute atomic E-state index is 14.4. The number of nitrogens with zero attached hydrogens (tertiary/aromatic N) is 1. The van der Waals surface area contributed by atoms with Crippen molar-refractivity contribution in [3.63, 3.8) is 0 Å². The Bertz CT molecular complexity index is 839. The normalized spacial score (nSPS) is 13.7. The molecule has 0 saturated heterocycles. The quantitative estimate of drug-likeness (QED) is 0.715. The molecule has 1 N–H and O–H groups in total. The first-order valence-electron chi connectivity index (χ1n) is 6.68. The second-order valence-electron chi connectivity index (χ2n) is 4.84. The van der Waals surface area contributed by atoms with Crippen molar-refractivity contribution in [2.45, 2.75) is 0 Å². The fourth-order valence-electron chi connectivity index (χ4n) is 2.34. The summed E-state index contributed by atoms with van der Waals surface area (Å²) in [5.41, 5.74) is 1.60. The van der Waals surface area contributed by atoms with Crippen molar-refractivity contribution in [1.82, 2.24) is 0 Å². The standard InChI is InChI=1S/C16H11ClFIN2O2/c1-23-8-2-3-10(18)9(6-8)16-14-12(21-13(22)7-20-16)5-4-11(19)15(14)17/h2-6H,7H2,1H3,(H,21,22). The number of benzodiazepines with no additional fused rings is 1. The Morgan fingerprint density at radius 3 is 2.87 bits per heavy atom. The van der Waals surface area contributed by atoms with Gasteiger partial charge in [-0.15, -0.1) is 0 Å². The Labute approximate surface area is 150 Å². The number of hydrogen-bond donors (Lipinski definition) is 1. The van der Waals surface area contributed by atoms with E-state index < -0.39 is 5.82 Å². The van der Waals surface area contributed by atoms with E-state index in [4.69, 9.17) is 16.3 Å². The fraction of sp³-hybridized carbons (Fsp3) is 0.125. The van der Waals surface area contributed by atoms with Crippen LogP contribution in [0.1, 0.15) is 11.1 Å². The number of anilines is 1. The van der Waals surface area contributed by atoms with E-state index in [1.165, 1.54) is 19.2 Å². The number of ether oxygens (including phenoxy) is 1. The van der Waals surface area contributed by atoms with Gasteiger partial charge in [0.15, 0.2) is 0 Å². The number of benzene rings is 2. The van der Waals surface area contributed by atoms with Gasteiger partial charge >= 0.3 is 0 Å². The molecule has 0 unspecified atom stereocenters. The highest BCUT2D eigenvalue weighted by Crippen LogP contribution is 2.34. The van der Waals surface area contributed by atoms with Crippen molar-refractivity contribution in [2.24, 2.45) is 4.99 Å². The lowest BCUT2D eigenvalue weighted by atomic mass is 9.99. The van der Waals surface area contributed by atoms with Crippen LogP contribution in [-0.4, -0.2) is 25.3 Å². The van der Waals surface area contributed by atoms with E-state index in [-0.39, 0.29) is 18.0 Å². The first-order valence-corrected chi connectivity index (χ1v) is 8.13. The zero-order valence-electron chi connectivity index (χ0n) is 12.0. The Hall–Kier alpha value is -1.67. The third-order valence-electron chi connectivity index (χ3n) is 3.42. The number of amides is 1. The lowest BCUT2D eigenvalue weighted by molar-refractivity contribution is -0.114. The van der Waals surface area contributed by atoms with Crippen LogP contribution in [0.4, 0.5) is 10.1 Å². The molecule has 2 aromatic rings. The summed E-state index contributed by atoms with van der Waals surface area (Å²) in [7, 11) is 1.50. The molecule has 118 valence electrons. The van der Waals surface area contributed by atoms with Gasteiger partial charge in [-0.25, -0.2) is 4.39 Å². The summed E-state index contributed by atoms with van der Waals surface area (Å²) in [6.07, 6.45) is 0. The molecule has 1 heterocycles. The van der Waals surface area contributed by atoms with E-state index in [1.54, 1.807) is 18.2 Å². The molecule has 0 spiro atoms. The predicted octanol–water partition coefficient (Wildman–Crippen LogP) is 3.88. The molecule has 7 heteroatoms. The number of nitrogens with one attached hydrogen (secondary N) is 1. The summed E-state index contributed by atoms with van der Waals surface area (Å²) in [6, 6.07) is 7.89. The van der Waals surface area contributed by atoms with Crippen LogP contribution in [0.5, 0.6) is 5.75 Å². The summed E-state index contributed by atoms with van der Waals surface area (Å²) in [6.45, 7) is -0.104. The van der Waals surface area contributed by atoms with Crippen molar-refractivity contribution < 1.29 is 13.9 Å². The molecule has 1 amide bonds. The zero-order chi connectivity index (χ0) is 16.6. The van der Waals surface area contributed by atoms with Crippen LogP contribution in [0.2, 0.25) is 5.02 Å². The van der Waals surface area contributed by atoms with Crippen LogP contribution < -0.4 is 10.1 Å². The van der Waals surface area contributed by atoms with E-state index in [2.05, 4.69) is 32.9 Å². The van der Waals surface area contributed by atoms with Gasteiger partial charge in [0.05, 0.1) is 23.5 Å². The minimum Gasteiger partial charge on any atom is -0.497 e. The SMILES string of the molecule is COc1ccc(F)c(C2=NCC(=O)Nc3ccc(I)c(Cl)c32)c1. The number of methoxy groups -OCH3 is 1. The first-order chi connectivity index (χ1) is 11.0. The fourth-order valence-corrected chi connectivity index (χ4v) is 3.04. The van der Waals surface area contributed by atoms with E-state index >= 15 is 0 Å². The van der Waals surface area contributed by atoms with Crippen molar-refractivity contribution in [1.29, 1.82) is 0 Å². The van der Waals surface area contributed by atoms with Crippen LogP contribution in [-0.2, 0) is 4.79 Å². The van der Waals surface area contributed by atoms with Crippen molar-refractivity contribution in [3.8, 4) is 5.75 Å². The number of halogens is 3. The predicted molar refractivity (Wildman–Crippen MR) is 96.3 cm³/mol. The average Bonchev–Trinajstić information content (AvgIpc) is 2.71. The highest BCUT2D eigenvalue weighted by molar-refractivity contribution is 14.1. The van der Waals surface area contributed by atoms with Gasteiger partial charge < -0.3 is 10.1 Å². The molecule has 4 nitrogen and oxygen atoms in total. The van der Waals surface area contributed by atoms with Crippen LogP contribution in [0.25, 0.3) is 0 Å². The zero-order valence-corrected chi connectivity index (χ0v) is 14.9. The number of aliphatic imine (C=N–C) groups is 1. The molecule has 1 aliphatic heterocycles. The van der Waals surface area contributed by atoms with Gasteiger partial charge in [0.25, 0.3) is 0 Å². The molecule has 2 aromatic carbocycles. The minimum absolute atomic E-state index is 0.104. The molecular weight excluding hydrogens is 434 g/mol. The number of hydrogen-bond acceptors (Lipinski definition) is 3. The second-order valence-corrected chi connectivity index (χ2v) is 6.38. The third-order valence-corrected chi connectivity index (χ3v) is 5.03. The summed E-state index contributed by atoms with van der Waals surface area (Å²) >= 11 is 8.49. The van der Waals surface area contributed by atoms with Gasteiger partial charge in [-0.2, -0.15) is 0 Å². The Morgan fingerprint density at radius 1 is 1.35 bits per heavy atom. The number of fused-ring (bicyclic) bond motifs is 1. The summed E-state index contributed by atoms with van der Waals surface area (Å²) in [5, 5.41) is 3.17. The van der Waals surface area contributed by atoms with Gasteiger partial charge in [0.1, 0.15) is 18.1 Å². The van der Waals surface area contributed by atoms with E-state index in [1.807, 2.05) is 0 Å². The molecule has 1 aliphatic rings. The van der Waals surface area contributed by atoms with Crippen LogP contribution in [0.3, 0.4) is 0 Å². The topological polar surface area (TPSA) is 50.7 Å². The maximum Gasteiger partial charge on any atom is 0.246 e. The maximum atomic E-state index is 14.4. The molecular formula is C16H11ClFIN2O2. The van der Waals surface area contributed by atoms with Gasteiger partial charge in [0.2, 0.25) is 5.91 Å². The first kappa shape index (κ1) is 16.2. The molecule has 0 saturated carbocycles. The monoisotopic (exact) mass is 444 g/mol. The van der Waals surface area contributed by atoms with Crippen molar-refractivity contribution in [2.75, 3.05) is 19.0 Å². The van der Waals surface area contributed by atoms with Crippen molar-refractivity contribution in [3.05, 3.63) is 55.9 Å². The van der Waals surface area contributed by atoms with E-state index in [0.29, 0.717) is 27.7 Å². The van der Waals surface area contributed by atoms with E-state index in [9.17, 15) is 9.18 Å². The molecule has 0 atom stereocenters. The largest absolute Gasteiger partial charge is 0.497 e. The third kappa shape index (κ3) is 3.05. The van der Waals surface area contributed by atoms with Crippen LogP contribution >= 0.6 is 34.2 Å². The lowest BCUT2D eigenvalue weighted by Crippen LogP contribution is -2.13. The minimum atomic E-state index is -0.459. The Morgan fingerprint density at radius 2 is 2.13 bits per heavy atom. The molecule has 0 radical (unpaired) electrons. The summed E-state index contributed by atoms with van der Waals surface area (Å²) in [4.78, 5) is 16.1. The highest BCUT2D eigenvalue weighted by Gasteiger charge is 2.24. The molecule has 0 fully saturated rings. The summed E-state index contributed by atoms with van der Waals surface area (Å²) < 4.78 is 20.3. The van der Waals surface area contributed by atoms with Crippen LogP contribution in [0.15, 0.2) is 35.3 Å². The van der Waals surface area contributed by atoms with Crippen molar-refractivity contribution >= 4 is 51.5 Å². The average molecular weight is 445 g/mol. The van der Waals surface area contributed by atoms with Gasteiger partial charge in [-0.1, -0.05) is 11.6 Å².